The Kier molecular flexibility index (Phi) is 1.33. The SMILES string of the molecule is NC(=O)n1ccc2c[c]cnc21. The number of hydrogen-bond donors (Lipinski definition) is 1. The highest BCUT2D eigenvalue weighted by atomic mass is 16.2. The second kappa shape index (κ2) is 2.34. The van der Waals surface area contributed by atoms with Gasteiger partial charge in [-0.1, -0.05) is 0 Å². The number of nitrogens with two attached hydrogens (primary N) is 1. The molecular formula is C8H6N3O. The van der Waals surface area contributed by atoms with Gasteiger partial charge in [0.1, 0.15) is 5.65 Å². The molecule has 0 fully saturated rings. The fraction of sp³-hybridized carbons (Fsp3) is 0. The molecule has 2 aromatic heterocycles. The summed E-state index contributed by atoms with van der Waals surface area (Å²) in [6.07, 6.45) is 3.09. The number of carbonyl (C=O) groups is 1. The summed E-state index contributed by atoms with van der Waals surface area (Å²) in [5.41, 5.74) is 5.67. The highest BCUT2D eigenvalue weighted by molar-refractivity contribution is 5.88. The maximum absolute atomic E-state index is 10.8. The normalized spacial score (nSPS) is 10.3. The zero-order valence-electron chi connectivity index (χ0n) is 6.19. The number of aromatic nitrogens is 2. The number of carbonyl (C=O) groups excluding carboxylic acids is 1. The lowest BCUT2D eigenvalue weighted by Gasteiger charge is -1.95. The van der Waals surface area contributed by atoms with E-state index in [0.717, 1.165) is 5.39 Å². The maximum Gasteiger partial charge on any atom is 0.324 e. The first kappa shape index (κ1) is 6.84. The van der Waals surface area contributed by atoms with Crippen LogP contribution in [0.15, 0.2) is 24.5 Å². The Labute approximate surface area is 68.6 Å². The van der Waals surface area contributed by atoms with Crippen molar-refractivity contribution in [2.45, 2.75) is 0 Å². The van der Waals surface area contributed by atoms with E-state index in [0.29, 0.717) is 5.65 Å². The predicted molar refractivity (Wildman–Crippen MR) is 43.6 cm³/mol. The van der Waals surface area contributed by atoms with Gasteiger partial charge in [0.25, 0.3) is 0 Å². The van der Waals surface area contributed by atoms with Gasteiger partial charge in [-0.3, -0.25) is 4.57 Å². The molecule has 1 radical (unpaired) electrons. The van der Waals surface area contributed by atoms with Crippen molar-refractivity contribution in [1.29, 1.82) is 0 Å². The molecule has 4 nitrogen and oxygen atoms in total. The molecule has 2 rings (SSSR count). The minimum Gasteiger partial charge on any atom is -0.351 e. The van der Waals surface area contributed by atoms with Crippen LogP contribution < -0.4 is 5.73 Å². The summed E-state index contributed by atoms with van der Waals surface area (Å²) < 4.78 is 1.29. The lowest BCUT2D eigenvalue weighted by Crippen LogP contribution is -2.18. The van der Waals surface area contributed by atoms with Crippen molar-refractivity contribution in [2.75, 3.05) is 0 Å². The van der Waals surface area contributed by atoms with Crippen LogP contribution in [0.3, 0.4) is 0 Å². The van der Waals surface area contributed by atoms with Crippen LogP contribution in [-0.4, -0.2) is 15.6 Å². The predicted octanol–water partition coefficient (Wildman–Crippen LogP) is 0.763. The number of fused-ring (bicyclic) bond motifs is 1. The molecule has 0 aromatic carbocycles. The molecule has 2 aromatic rings. The van der Waals surface area contributed by atoms with Crippen LogP contribution >= 0.6 is 0 Å². The first-order valence-electron chi connectivity index (χ1n) is 3.42. The topological polar surface area (TPSA) is 60.9 Å². The van der Waals surface area contributed by atoms with Gasteiger partial charge in [0, 0.05) is 23.8 Å². The Morgan fingerprint density at radius 1 is 1.67 bits per heavy atom. The van der Waals surface area contributed by atoms with Crippen LogP contribution in [0.25, 0.3) is 11.0 Å². The van der Waals surface area contributed by atoms with Crippen LogP contribution in [0.2, 0.25) is 0 Å². The van der Waals surface area contributed by atoms with Crippen molar-refractivity contribution < 1.29 is 4.79 Å². The minimum atomic E-state index is -0.524. The molecule has 4 heteroatoms. The number of rotatable bonds is 0. The monoisotopic (exact) mass is 160 g/mol. The fourth-order valence-corrected chi connectivity index (χ4v) is 1.09. The van der Waals surface area contributed by atoms with Crippen molar-refractivity contribution in [3.05, 3.63) is 30.6 Å². The Hall–Kier alpha value is -1.84. The van der Waals surface area contributed by atoms with E-state index in [1.807, 2.05) is 0 Å². The average molecular weight is 160 g/mol. The molecule has 0 spiro atoms. The average Bonchev–Trinajstić information content (AvgIpc) is 2.47. The van der Waals surface area contributed by atoms with Crippen molar-refractivity contribution in [3.8, 4) is 0 Å². The van der Waals surface area contributed by atoms with Crippen LogP contribution in [0, 0.1) is 6.07 Å². The molecule has 0 aliphatic carbocycles. The van der Waals surface area contributed by atoms with E-state index in [-0.39, 0.29) is 0 Å². The van der Waals surface area contributed by atoms with Gasteiger partial charge in [-0.2, -0.15) is 0 Å². The summed E-state index contributed by atoms with van der Waals surface area (Å²) in [5.74, 6) is 0. The van der Waals surface area contributed by atoms with E-state index in [1.165, 1.54) is 10.8 Å². The quantitative estimate of drug-likeness (QED) is 0.618. The number of primary amides is 1. The van der Waals surface area contributed by atoms with Crippen molar-refractivity contribution in [1.82, 2.24) is 9.55 Å². The molecular weight excluding hydrogens is 154 g/mol. The summed E-state index contributed by atoms with van der Waals surface area (Å²) in [6, 6.07) is 5.81. The molecule has 0 unspecified atom stereocenters. The van der Waals surface area contributed by atoms with E-state index < -0.39 is 6.03 Å². The summed E-state index contributed by atoms with van der Waals surface area (Å²) in [6.45, 7) is 0. The summed E-state index contributed by atoms with van der Waals surface area (Å²) in [4.78, 5) is 14.8. The summed E-state index contributed by atoms with van der Waals surface area (Å²) in [7, 11) is 0. The van der Waals surface area contributed by atoms with Gasteiger partial charge in [-0.05, 0) is 12.1 Å². The van der Waals surface area contributed by atoms with E-state index in [2.05, 4.69) is 11.1 Å². The molecule has 1 amide bonds. The molecule has 2 N–H and O–H groups in total. The second-order valence-electron chi connectivity index (χ2n) is 2.37. The minimum absolute atomic E-state index is 0.524. The standard InChI is InChI=1S/C8H6N3O/c9-8(12)11-5-3-6-2-1-4-10-7(6)11/h2-5H,(H2,9,12). The Balaban J connectivity index is 2.79. The zero-order chi connectivity index (χ0) is 8.55. The second-order valence-corrected chi connectivity index (χ2v) is 2.37. The highest BCUT2D eigenvalue weighted by Gasteiger charge is 2.03. The van der Waals surface area contributed by atoms with Crippen molar-refractivity contribution in [2.24, 2.45) is 5.73 Å². The smallest absolute Gasteiger partial charge is 0.324 e. The van der Waals surface area contributed by atoms with Crippen molar-refractivity contribution in [3.63, 3.8) is 0 Å². The summed E-state index contributed by atoms with van der Waals surface area (Å²) >= 11 is 0. The van der Waals surface area contributed by atoms with Crippen LogP contribution in [-0.2, 0) is 0 Å². The van der Waals surface area contributed by atoms with Gasteiger partial charge in [-0.15, -0.1) is 0 Å². The van der Waals surface area contributed by atoms with Gasteiger partial charge in [0.05, 0.1) is 0 Å². The zero-order valence-corrected chi connectivity index (χ0v) is 6.19. The summed E-state index contributed by atoms with van der Waals surface area (Å²) in [5, 5.41) is 0.858. The number of amides is 1. The van der Waals surface area contributed by atoms with E-state index in [1.54, 1.807) is 18.3 Å². The molecule has 0 bridgehead atoms. The Morgan fingerprint density at radius 3 is 3.25 bits per heavy atom. The third kappa shape index (κ3) is 0.852. The Bertz CT molecular complexity index is 433. The maximum atomic E-state index is 10.8. The molecule has 2 heterocycles. The number of hydrogen-bond acceptors (Lipinski definition) is 2. The molecule has 59 valence electrons. The third-order valence-corrected chi connectivity index (χ3v) is 1.63. The molecule has 0 atom stereocenters. The van der Waals surface area contributed by atoms with Gasteiger partial charge in [0.2, 0.25) is 0 Å². The van der Waals surface area contributed by atoms with Crippen LogP contribution in [0.4, 0.5) is 4.79 Å². The lowest BCUT2D eigenvalue weighted by molar-refractivity contribution is 0.251. The fourth-order valence-electron chi connectivity index (χ4n) is 1.09. The largest absolute Gasteiger partial charge is 0.351 e. The van der Waals surface area contributed by atoms with Crippen LogP contribution in [0.5, 0.6) is 0 Å². The molecule has 0 saturated heterocycles. The van der Waals surface area contributed by atoms with Gasteiger partial charge >= 0.3 is 6.03 Å². The third-order valence-electron chi connectivity index (χ3n) is 1.63. The molecule has 0 aliphatic heterocycles. The van der Waals surface area contributed by atoms with Crippen LogP contribution in [0.1, 0.15) is 0 Å². The van der Waals surface area contributed by atoms with Crippen molar-refractivity contribution >= 4 is 17.1 Å². The van der Waals surface area contributed by atoms with Gasteiger partial charge < -0.3 is 5.73 Å². The highest BCUT2D eigenvalue weighted by Crippen LogP contribution is 2.10. The molecule has 12 heavy (non-hydrogen) atoms. The lowest BCUT2D eigenvalue weighted by atomic mass is 10.3. The van der Waals surface area contributed by atoms with Gasteiger partial charge in [0.15, 0.2) is 0 Å². The molecule has 0 saturated carbocycles. The van der Waals surface area contributed by atoms with Gasteiger partial charge in [-0.25, -0.2) is 9.78 Å². The Morgan fingerprint density at radius 2 is 2.50 bits per heavy atom. The van der Waals surface area contributed by atoms with E-state index >= 15 is 0 Å². The number of pyridine rings is 1. The molecule has 0 aliphatic rings. The first-order valence-corrected chi connectivity index (χ1v) is 3.42. The first-order chi connectivity index (χ1) is 5.79. The van der Waals surface area contributed by atoms with E-state index in [9.17, 15) is 4.79 Å². The van der Waals surface area contributed by atoms with E-state index in [4.69, 9.17) is 5.73 Å². The number of nitrogens with zero attached hydrogens (tertiary/aromatic N) is 2.